The topological polar surface area (TPSA) is 51.8 Å². The minimum absolute atomic E-state index is 0.601. The maximum absolute atomic E-state index is 5.39. The molecule has 0 bridgehead atoms. The second-order valence-electron chi connectivity index (χ2n) is 4.69. The molecule has 0 aliphatic heterocycles. The van der Waals surface area contributed by atoms with Gasteiger partial charge in [0.15, 0.2) is 5.89 Å². The van der Waals surface area contributed by atoms with Crippen LogP contribution in [0.5, 0.6) is 0 Å². The molecular weight excluding hydrogens is 270 g/mol. The van der Waals surface area contributed by atoms with Crippen LogP contribution in [0.25, 0.3) is 21.4 Å². The molecule has 4 heterocycles. The Morgan fingerprint density at radius 2 is 2.20 bits per heavy atom. The van der Waals surface area contributed by atoms with Gasteiger partial charge in [-0.15, -0.1) is 11.3 Å². The Morgan fingerprint density at radius 3 is 3.10 bits per heavy atom. The number of hydrogen-bond acceptors (Lipinski definition) is 5. The van der Waals surface area contributed by atoms with Gasteiger partial charge in [-0.25, -0.2) is 15.0 Å². The smallest absolute Gasteiger partial charge is 0.246 e. The third-order valence-corrected chi connectivity index (χ3v) is 4.19. The molecule has 5 heteroatoms. The Labute approximate surface area is 119 Å². The van der Waals surface area contributed by atoms with Crippen molar-refractivity contribution in [2.75, 3.05) is 0 Å². The number of fused-ring (bicyclic) bond motifs is 2. The Morgan fingerprint density at radius 1 is 1.25 bits per heavy atom. The van der Waals surface area contributed by atoms with Gasteiger partial charge >= 0.3 is 0 Å². The number of nitrogens with zero attached hydrogens (tertiary/aromatic N) is 3. The lowest BCUT2D eigenvalue weighted by molar-refractivity contribution is 0.551. The van der Waals surface area contributed by atoms with E-state index in [4.69, 9.17) is 4.42 Å². The van der Waals surface area contributed by atoms with E-state index in [9.17, 15) is 0 Å². The molecule has 0 aliphatic carbocycles. The monoisotopic (exact) mass is 281 g/mol. The summed E-state index contributed by atoms with van der Waals surface area (Å²) in [5, 5.41) is 1.19. The summed E-state index contributed by atoms with van der Waals surface area (Å²) in [6, 6.07) is 8.28. The summed E-state index contributed by atoms with van der Waals surface area (Å²) in [5.41, 5.74) is 2.56. The van der Waals surface area contributed by atoms with E-state index in [1.165, 1.54) is 10.3 Å². The molecule has 0 fully saturated rings. The Kier molecular flexibility index (Phi) is 2.53. The first-order chi connectivity index (χ1) is 9.78. The second-order valence-corrected chi connectivity index (χ2v) is 5.80. The summed E-state index contributed by atoms with van der Waals surface area (Å²) in [5.74, 6) is 0.649. The summed E-state index contributed by atoms with van der Waals surface area (Å²) in [6.45, 7) is 1.83. The van der Waals surface area contributed by atoms with Gasteiger partial charge in [0.05, 0.1) is 0 Å². The lowest BCUT2D eigenvalue weighted by atomic mass is 10.1. The largest absolute Gasteiger partial charge is 0.423 e. The second kappa shape index (κ2) is 4.38. The Hall–Kier alpha value is -2.27. The molecule has 4 rings (SSSR count). The van der Waals surface area contributed by atoms with Crippen LogP contribution in [0.2, 0.25) is 0 Å². The van der Waals surface area contributed by atoms with Crippen LogP contribution < -0.4 is 0 Å². The summed E-state index contributed by atoms with van der Waals surface area (Å²) in [4.78, 5) is 15.4. The van der Waals surface area contributed by atoms with Gasteiger partial charge in [0.1, 0.15) is 10.3 Å². The first kappa shape index (κ1) is 11.5. The van der Waals surface area contributed by atoms with Crippen molar-refractivity contribution in [3.8, 4) is 0 Å². The number of rotatable bonds is 2. The molecule has 4 aromatic heterocycles. The van der Waals surface area contributed by atoms with Crippen LogP contribution in [0.1, 0.15) is 16.3 Å². The molecule has 0 N–H and O–H groups in total. The molecule has 4 aromatic rings. The van der Waals surface area contributed by atoms with E-state index in [0.717, 1.165) is 22.3 Å². The van der Waals surface area contributed by atoms with Crippen molar-refractivity contribution in [1.29, 1.82) is 0 Å². The van der Waals surface area contributed by atoms with Gasteiger partial charge in [0.2, 0.25) is 5.71 Å². The summed E-state index contributed by atoms with van der Waals surface area (Å²) >= 11 is 1.72. The van der Waals surface area contributed by atoms with Crippen molar-refractivity contribution < 1.29 is 4.42 Å². The summed E-state index contributed by atoms with van der Waals surface area (Å²) in [7, 11) is 0. The zero-order valence-corrected chi connectivity index (χ0v) is 11.6. The fourth-order valence-electron chi connectivity index (χ4n) is 2.28. The van der Waals surface area contributed by atoms with Gasteiger partial charge in [-0.3, -0.25) is 0 Å². The number of thiophene rings is 1. The number of aryl methyl sites for hydroxylation is 1. The van der Waals surface area contributed by atoms with Crippen molar-refractivity contribution in [1.82, 2.24) is 15.0 Å². The van der Waals surface area contributed by atoms with Crippen molar-refractivity contribution in [3.63, 3.8) is 0 Å². The molecular formula is C15H11N3OS. The Bertz CT molecular complexity index is 877. The van der Waals surface area contributed by atoms with Crippen molar-refractivity contribution >= 4 is 32.8 Å². The van der Waals surface area contributed by atoms with Crippen molar-refractivity contribution in [2.24, 2.45) is 0 Å². The normalized spacial score (nSPS) is 11.4. The minimum Gasteiger partial charge on any atom is -0.423 e. The lowest BCUT2D eigenvalue weighted by Gasteiger charge is -1.96. The number of aromatic nitrogens is 3. The summed E-state index contributed by atoms with van der Waals surface area (Å²) in [6.07, 6.45) is 4.52. The first-order valence-corrected chi connectivity index (χ1v) is 7.15. The van der Waals surface area contributed by atoms with Crippen LogP contribution in [-0.4, -0.2) is 15.0 Å². The molecule has 20 heavy (non-hydrogen) atoms. The highest BCUT2D eigenvalue weighted by atomic mass is 32.1. The lowest BCUT2D eigenvalue weighted by Crippen LogP contribution is -1.86. The van der Waals surface area contributed by atoms with Gasteiger partial charge < -0.3 is 4.42 Å². The molecule has 0 saturated heterocycles. The third-order valence-electron chi connectivity index (χ3n) is 3.13. The van der Waals surface area contributed by atoms with E-state index < -0.39 is 0 Å². The van der Waals surface area contributed by atoms with Gasteiger partial charge in [-0.1, -0.05) is 6.07 Å². The molecule has 0 spiro atoms. The van der Waals surface area contributed by atoms with Crippen molar-refractivity contribution in [3.05, 3.63) is 53.0 Å². The molecule has 0 amide bonds. The Balaban J connectivity index is 1.72. The molecule has 0 saturated carbocycles. The minimum atomic E-state index is 0.601. The highest BCUT2D eigenvalue weighted by molar-refractivity contribution is 7.18. The molecule has 0 aliphatic rings. The highest BCUT2D eigenvalue weighted by Crippen LogP contribution is 2.26. The quantitative estimate of drug-likeness (QED) is 0.561. The SMILES string of the molecule is Cc1nc2cc(Cc3cc4cccnc4s3)cnc2o1. The average Bonchev–Trinajstić information content (AvgIpc) is 2.99. The van der Waals surface area contributed by atoms with E-state index in [2.05, 4.69) is 27.1 Å². The fourth-order valence-corrected chi connectivity index (χ4v) is 3.32. The predicted molar refractivity (Wildman–Crippen MR) is 79.0 cm³/mol. The maximum Gasteiger partial charge on any atom is 0.246 e. The molecule has 0 atom stereocenters. The molecule has 98 valence electrons. The summed E-state index contributed by atoms with van der Waals surface area (Å²) < 4.78 is 5.39. The van der Waals surface area contributed by atoms with Gasteiger partial charge in [-0.05, 0) is 23.8 Å². The fraction of sp³-hybridized carbons (Fsp3) is 0.133. The standard InChI is InChI=1S/C15H11N3OS/c1-9-18-13-6-10(8-17-14(13)19-9)5-12-7-11-3-2-4-16-15(11)20-12/h2-4,6-8H,5H2,1H3. The van der Waals surface area contributed by atoms with Crippen LogP contribution in [0.4, 0.5) is 0 Å². The molecule has 0 aromatic carbocycles. The average molecular weight is 281 g/mol. The zero-order chi connectivity index (χ0) is 13.5. The van der Waals surface area contributed by atoms with Crippen LogP contribution in [0.3, 0.4) is 0 Å². The van der Waals surface area contributed by atoms with Gasteiger partial charge in [-0.2, -0.15) is 0 Å². The van der Waals surface area contributed by atoms with E-state index in [-0.39, 0.29) is 0 Å². The third kappa shape index (κ3) is 1.96. The van der Waals surface area contributed by atoms with Crippen LogP contribution in [0.15, 0.2) is 41.1 Å². The van der Waals surface area contributed by atoms with E-state index >= 15 is 0 Å². The van der Waals surface area contributed by atoms with Crippen molar-refractivity contribution in [2.45, 2.75) is 13.3 Å². The van der Waals surface area contributed by atoms with Crippen LogP contribution >= 0.6 is 11.3 Å². The van der Waals surface area contributed by atoms with E-state index in [1.807, 2.05) is 31.5 Å². The molecule has 0 unspecified atom stereocenters. The number of pyridine rings is 2. The predicted octanol–water partition coefficient (Wildman–Crippen LogP) is 3.73. The van der Waals surface area contributed by atoms with Gasteiger partial charge in [0, 0.05) is 36.0 Å². The van der Waals surface area contributed by atoms with Crippen LogP contribution in [-0.2, 0) is 6.42 Å². The number of oxazole rings is 1. The van der Waals surface area contributed by atoms with E-state index in [1.54, 1.807) is 11.3 Å². The van der Waals surface area contributed by atoms with Gasteiger partial charge in [0.25, 0.3) is 0 Å². The number of hydrogen-bond donors (Lipinski definition) is 0. The zero-order valence-electron chi connectivity index (χ0n) is 10.8. The maximum atomic E-state index is 5.39. The van der Waals surface area contributed by atoms with E-state index in [0.29, 0.717) is 11.6 Å². The molecule has 4 nitrogen and oxygen atoms in total. The first-order valence-electron chi connectivity index (χ1n) is 6.33. The highest BCUT2D eigenvalue weighted by Gasteiger charge is 2.07. The molecule has 0 radical (unpaired) electrons. The van der Waals surface area contributed by atoms with Crippen LogP contribution in [0, 0.1) is 6.92 Å².